The maximum atomic E-state index is 11.9. The summed E-state index contributed by atoms with van der Waals surface area (Å²) in [7, 11) is 1.43. The third kappa shape index (κ3) is 3.82. The van der Waals surface area contributed by atoms with Crippen molar-refractivity contribution in [3.05, 3.63) is 63.7 Å². The fourth-order valence-electron chi connectivity index (χ4n) is 1.84. The Morgan fingerprint density at radius 2 is 2.09 bits per heavy atom. The van der Waals surface area contributed by atoms with Crippen LogP contribution >= 0.6 is 0 Å². The van der Waals surface area contributed by atoms with Gasteiger partial charge in [-0.25, -0.2) is 5.43 Å². The van der Waals surface area contributed by atoms with Crippen molar-refractivity contribution in [2.24, 2.45) is 5.10 Å². The number of aromatic hydroxyl groups is 1. The number of phenolic OH excluding ortho intramolecular Hbond substituents is 1. The third-order valence-corrected chi connectivity index (χ3v) is 2.93. The van der Waals surface area contributed by atoms with Crippen LogP contribution in [0.4, 0.5) is 5.69 Å². The highest BCUT2D eigenvalue weighted by Crippen LogP contribution is 2.25. The minimum absolute atomic E-state index is 0.0681. The molecule has 0 aliphatic heterocycles. The summed E-state index contributed by atoms with van der Waals surface area (Å²) >= 11 is 0. The van der Waals surface area contributed by atoms with Crippen molar-refractivity contribution >= 4 is 17.8 Å². The van der Waals surface area contributed by atoms with Gasteiger partial charge in [0.25, 0.3) is 11.6 Å². The number of rotatable bonds is 5. The van der Waals surface area contributed by atoms with Crippen molar-refractivity contribution < 1.29 is 19.6 Å². The minimum atomic E-state index is -0.703. The number of nitrogens with one attached hydrogen (secondary N) is 1. The Bertz CT molecular complexity index is 773. The fourth-order valence-corrected chi connectivity index (χ4v) is 1.84. The molecule has 0 spiro atoms. The van der Waals surface area contributed by atoms with E-state index in [1.807, 2.05) is 0 Å². The average molecular weight is 315 g/mol. The van der Waals surface area contributed by atoms with Gasteiger partial charge in [-0.1, -0.05) is 12.1 Å². The van der Waals surface area contributed by atoms with Crippen LogP contribution in [0.1, 0.15) is 15.9 Å². The second-order valence-electron chi connectivity index (χ2n) is 4.40. The molecule has 0 radical (unpaired) electrons. The van der Waals surface area contributed by atoms with Gasteiger partial charge in [0.1, 0.15) is 5.56 Å². The van der Waals surface area contributed by atoms with Crippen molar-refractivity contribution in [1.82, 2.24) is 5.43 Å². The molecule has 8 nitrogen and oxygen atoms in total. The number of nitro groups is 1. The number of amides is 1. The van der Waals surface area contributed by atoms with Gasteiger partial charge in [-0.15, -0.1) is 0 Å². The van der Waals surface area contributed by atoms with Crippen LogP contribution in [0.3, 0.4) is 0 Å². The normalized spacial score (nSPS) is 10.5. The highest BCUT2D eigenvalue weighted by Gasteiger charge is 2.18. The van der Waals surface area contributed by atoms with E-state index in [1.165, 1.54) is 43.7 Å². The van der Waals surface area contributed by atoms with Gasteiger partial charge in [-0.2, -0.15) is 5.10 Å². The lowest BCUT2D eigenvalue weighted by Crippen LogP contribution is -2.18. The SMILES string of the molecule is COc1ccc(/C=N\NC(=O)c2ccccc2[N+](=O)[O-])cc1O. The molecule has 0 aliphatic rings. The fraction of sp³-hybridized carbons (Fsp3) is 0.0667. The van der Waals surface area contributed by atoms with Crippen LogP contribution in [-0.4, -0.2) is 29.3 Å². The van der Waals surface area contributed by atoms with E-state index in [0.29, 0.717) is 11.3 Å². The first kappa shape index (κ1) is 16.0. The molecule has 2 N–H and O–H groups in total. The first-order chi connectivity index (χ1) is 11.0. The van der Waals surface area contributed by atoms with Gasteiger partial charge in [0.15, 0.2) is 11.5 Å². The second-order valence-corrected chi connectivity index (χ2v) is 4.40. The molecule has 0 aliphatic carbocycles. The van der Waals surface area contributed by atoms with Gasteiger partial charge in [0.2, 0.25) is 0 Å². The second kappa shape index (κ2) is 7.03. The molecular formula is C15H13N3O5. The average Bonchev–Trinajstić information content (AvgIpc) is 2.55. The number of ether oxygens (including phenoxy) is 1. The summed E-state index contributed by atoms with van der Waals surface area (Å²) in [5.74, 6) is -0.459. The molecule has 118 valence electrons. The first-order valence-electron chi connectivity index (χ1n) is 6.46. The number of carbonyl (C=O) groups excluding carboxylic acids is 1. The molecule has 2 aromatic rings. The number of benzene rings is 2. The topological polar surface area (TPSA) is 114 Å². The lowest BCUT2D eigenvalue weighted by atomic mass is 10.2. The molecule has 2 aromatic carbocycles. The monoisotopic (exact) mass is 315 g/mol. The molecule has 1 amide bonds. The first-order valence-corrected chi connectivity index (χ1v) is 6.46. The van der Waals surface area contributed by atoms with Gasteiger partial charge in [-0.3, -0.25) is 14.9 Å². The van der Waals surface area contributed by atoms with E-state index in [2.05, 4.69) is 10.5 Å². The summed E-state index contributed by atoms with van der Waals surface area (Å²) in [6.07, 6.45) is 1.30. The number of para-hydroxylation sites is 1. The maximum Gasteiger partial charge on any atom is 0.282 e. The Hall–Kier alpha value is -3.42. The van der Waals surface area contributed by atoms with E-state index in [1.54, 1.807) is 12.1 Å². The van der Waals surface area contributed by atoms with Gasteiger partial charge >= 0.3 is 0 Å². The zero-order valence-corrected chi connectivity index (χ0v) is 12.1. The Balaban J connectivity index is 2.10. The van der Waals surface area contributed by atoms with Gasteiger partial charge < -0.3 is 9.84 Å². The quantitative estimate of drug-likeness (QED) is 0.498. The van der Waals surface area contributed by atoms with E-state index in [0.717, 1.165) is 0 Å². The number of hydrogen-bond donors (Lipinski definition) is 2. The molecule has 0 saturated heterocycles. The Morgan fingerprint density at radius 1 is 1.35 bits per heavy atom. The van der Waals surface area contributed by atoms with Crippen LogP contribution in [0.2, 0.25) is 0 Å². The molecular weight excluding hydrogens is 302 g/mol. The molecule has 0 unspecified atom stereocenters. The molecule has 2 rings (SSSR count). The van der Waals surface area contributed by atoms with Crippen LogP contribution in [0, 0.1) is 10.1 Å². The predicted molar refractivity (Wildman–Crippen MR) is 82.8 cm³/mol. The van der Waals surface area contributed by atoms with Crippen molar-refractivity contribution in [2.75, 3.05) is 7.11 Å². The lowest BCUT2D eigenvalue weighted by Gasteiger charge is -2.03. The van der Waals surface area contributed by atoms with Crippen LogP contribution < -0.4 is 10.2 Å². The molecule has 8 heteroatoms. The van der Waals surface area contributed by atoms with Crippen molar-refractivity contribution in [2.45, 2.75) is 0 Å². The van der Waals surface area contributed by atoms with E-state index < -0.39 is 10.8 Å². The lowest BCUT2D eigenvalue weighted by molar-refractivity contribution is -0.385. The Labute approximate surface area is 131 Å². The number of phenols is 1. The number of carbonyl (C=O) groups is 1. The Kier molecular flexibility index (Phi) is 4.88. The number of hydrogen-bond acceptors (Lipinski definition) is 6. The zero-order chi connectivity index (χ0) is 16.8. The van der Waals surface area contributed by atoms with Crippen LogP contribution in [0.5, 0.6) is 11.5 Å². The smallest absolute Gasteiger partial charge is 0.282 e. The molecule has 0 fully saturated rings. The van der Waals surface area contributed by atoms with Crippen LogP contribution in [0.15, 0.2) is 47.6 Å². The van der Waals surface area contributed by atoms with Crippen molar-refractivity contribution in [3.63, 3.8) is 0 Å². The zero-order valence-electron chi connectivity index (χ0n) is 12.1. The molecule has 0 aromatic heterocycles. The Morgan fingerprint density at radius 3 is 2.74 bits per heavy atom. The summed E-state index contributed by atoms with van der Waals surface area (Å²) in [5.41, 5.74) is 2.33. The number of nitrogens with zero attached hydrogens (tertiary/aromatic N) is 2. The van der Waals surface area contributed by atoms with Crippen LogP contribution in [-0.2, 0) is 0 Å². The summed E-state index contributed by atoms with van der Waals surface area (Å²) < 4.78 is 4.91. The maximum absolute atomic E-state index is 11.9. The number of hydrazone groups is 1. The van der Waals surface area contributed by atoms with E-state index in [4.69, 9.17) is 4.74 Å². The van der Waals surface area contributed by atoms with E-state index >= 15 is 0 Å². The standard InChI is InChI=1S/C15H13N3O5/c1-23-14-7-6-10(8-13(14)19)9-16-17-15(20)11-4-2-3-5-12(11)18(21)22/h2-9,19H,1H3,(H,17,20)/b16-9-. The largest absolute Gasteiger partial charge is 0.504 e. The number of nitro benzene ring substituents is 1. The summed E-state index contributed by atoms with van der Waals surface area (Å²) in [4.78, 5) is 22.2. The van der Waals surface area contributed by atoms with Gasteiger partial charge in [0.05, 0.1) is 18.2 Å². The highest BCUT2D eigenvalue weighted by molar-refractivity contribution is 5.98. The van der Waals surface area contributed by atoms with Gasteiger partial charge in [-0.05, 0) is 29.8 Å². The van der Waals surface area contributed by atoms with Crippen LogP contribution in [0.25, 0.3) is 0 Å². The summed E-state index contributed by atoms with van der Waals surface area (Å²) in [6, 6.07) is 10.1. The predicted octanol–water partition coefficient (Wildman–Crippen LogP) is 2.07. The molecule has 0 atom stereocenters. The third-order valence-electron chi connectivity index (χ3n) is 2.93. The summed E-state index contributed by atoms with van der Waals surface area (Å²) in [6.45, 7) is 0. The molecule has 0 bridgehead atoms. The van der Waals surface area contributed by atoms with E-state index in [-0.39, 0.29) is 17.0 Å². The molecule has 23 heavy (non-hydrogen) atoms. The highest BCUT2D eigenvalue weighted by atomic mass is 16.6. The van der Waals surface area contributed by atoms with Crippen molar-refractivity contribution in [1.29, 1.82) is 0 Å². The van der Waals surface area contributed by atoms with E-state index in [9.17, 15) is 20.0 Å². The van der Waals surface area contributed by atoms with Gasteiger partial charge in [0, 0.05) is 6.07 Å². The minimum Gasteiger partial charge on any atom is -0.504 e. The number of methoxy groups -OCH3 is 1. The molecule has 0 saturated carbocycles. The summed E-state index contributed by atoms with van der Waals surface area (Å²) in [5, 5.41) is 24.2. The molecule has 0 heterocycles. The van der Waals surface area contributed by atoms with Crippen molar-refractivity contribution in [3.8, 4) is 11.5 Å².